The Morgan fingerprint density at radius 3 is 2.95 bits per heavy atom. The standard InChI is InChI=1S/C14H18BrClN2O2/c1-3-20-13-11(15)6-10(16)7-12(13)17-14(19)18-5-4-9(2)8-18/h6-7,9H,3-5,8H2,1-2H3,(H,17,19). The van der Waals surface area contributed by atoms with Crippen molar-refractivity contribution in [2.45, 2.75) is 20.3 Å². The van der Waals surface area contributed by atoms with Crippen molar-refractivity contribution in [2.24, 2.45) is 5.92 Å². The van der Waals surface area contributed by atoms with Crippen LogP contribution in [0.1, 0.15) is 20.3 Å². The lowest BCUT2D eigenvalue weighted by atomic mass is 10.2. The van der Waals surface area contributed by atoms with Gasteiger partial charge in [0.1, 0.15) is 0 Å². The molecular weight excluding hydrogens is 344 g/mol. The first-order chi connectivity index (χ1) is 9.51. The van der Waals surface area contributed by atoms with Gasteiger partial charge < -0.3 is 15.0 Å². The Hall–Kier alpha value is -0.940. The van der Waals surface area contributed by atoms with Crippen molar-refractivity contribution in [1.82, 2.24) is 4.90 Å². The van der Waals surface area contributed by atoms with E-state index in [1.54, 1.807) is 12.1 Å². The fourth-order valence-corrected chi connectivity index (χ4v) is 3.18. The topological polar surface area (TPSA) is 41.6 Å². The molecule has 1 aromatic carbocycles. The molecule has 0 radical (unpaired) electrons. The van der Waals surface area contributed by atoms with E-state index in [9.17, 15) is 4.79 Å². The van der Waals surface area contributed by atoms with Gasteiger partial charge in [0.05, 0.1) is 16.8 Å². The van der Waals surface area contributed by atoms with Gasteiger partial charge in [-0.25, -0.2) is 4.79 Å². The largest absolute Gasteiger partial charge is 0.491 e. The third-order valence-corrected chi connectivity index (χ3v) is 4.06. The third-order valence-electron chi connectivity index (χ3n) is 3.25. The summed E-state index contributed by atoms with van der Waals surface area (Å²) in [6, 6.07) is 3.35. The second-order valence-corrected chi connectivity index (χ2v) is 6.26. The number of ether oxygens (including phenoxy) is 1. The predicted octanol–water partition coefficient (Wildman–Crippen LogP) is 4.37. The minimum absolute atomic E-state index is 0.107. The molecule has 1 unspecified atom stereocenters. The number of amides is 2. The van der Waals surface area contributed by atoms with Crippen LogP contribution in [0.4, 0.5) is 10.5 Å². The van der Waals surface area contributed by atoms with E-state index in [4.69, 9.17) is 16.3 Å². The summed E-state index contributed by atoms with van der Waals surface area (Å²) in [5.41, 5.74) is 0.593. The first-order valence-corrected chi connectivity index (χ1v) is 7.86. The summed E-state index contributed by atoms with van der Waals surface area (Å²) in [5, 5.41) is 3.43. The van der Waals surface area contributed by atoms with Crippen molar-refractivity contribution < 1.29 is 9.53 Å². The summed E-state index contributed by atoms with van der Waals surface area (Å²) < 4.78 is 6.30. The molecule has 1 atom stereocenters. The van der Waals surface area contributed by atoms with E-state index in [0.717, 1.165) is 24.0 Å². The molecule has 0 spiro atoms. The highest BCUT2D eigenvalue weighted by Gasteiger charge is 2.24. The van der Waals surface area contributed by atoms with Crippen LogP contribution >= 0.6 is 27.5 Å². The van der Waals surface area contributed by atoms with E-state index in [1.165, 1.54) is 0 Å². The van der Waals surface area contributed by atoms with E-state index >= 15 is 0 Å². The van der Waals surface area contributed by atoms with Crippen molar-refractivity contribution in [1.29, 1.82) is 0 Å². The number of urea groups is 1. The number of nitrogens with zero attached hydrogens (tertiary/aromatic N) is 1. The predicted molar refractivity (Wildman–Crippen MR) is 84.7 cm³/mol. The molecule has 1 saturated heterocycles. The summed E-state index contributed by atoms with van der Waals surface area (Å²) in [7, 11) is 0. The molecular formula is C14H18BrClN2O2. The molecule has 2 amide bonds. The Kier molecular flexibility index (Phi) is 5.16. The minimum atomic E-state index is -0.107. The maximum absolute atomic E-state index is 12.2. The number of carbonyl (C=O) groups excluding carboxylic acids is 1. The van der Waals surface area contributed by atoms with Gasteiger partial charge in [0.2, 0.25) is 0 Å². The minimum Gasteiger partial charge on any atom is -0.491 e. The number of benzene rings is 1. The Morgan fingerprint density at radius 1 is 1.60 bits per heavy atom. The van der Waals surface area contributed by atoms with E-state index in [0.29, 0.717) is 29.0 Å². The van der Waals surface area contributed by atoms with Gasteiger partial charge >= 0.3 is 6.03 Å². The van der Waals surface area contributed by atoms with Gasteiger partial charge in [-0.05, 0) is 47.3 Å². The molecule has 1 fully saturated rings. The normalized spacial score (nSPS) is 18.2. The SMILES string of the molecule is CCOc1c(Br)cc(Cl)cc1NC(=O)N1CCC(C)C1. The second-order valence-electron chi connectivity index (χ2n) is 4.97. The van der Waals surface area contributed by atoms with Crippen LogP contribution in [0.5, 0.6) is 5.75 Å². The van der Waals surface area contributed by atoms with Gasteiger partial charge in [-0.1, -0.05) is 18.5 Å². The molecule has 20 heavy (non-hydrogen) atoms. The number of halogens is 2. The van der Waals surface area contributed by atoms with Gasteiger partial charge in [-0.15, -0.1) is 0 Å². The van der Waals surface area contributed by atoms with Gasteiger partial charge in [0, 0.05) is 18.1 Å². The molecule has 0 bridgehead atoms. The van der Waals surface area contributed by atoms with Crippen molar-refractivity contribution >= 4 is 39.2 Å². The van der Waals surface area contributed by atoms with Crippen LogP contribution in [0.3, 0.4) is 0 Å². The summed E-state index contributed by atoms with van der Waals surface area (Å²) >= 11 is 9.45. The maximum Gasteiger partial charge on any atom is 0.321 e. The molecule has 1 aliphatic heterocycles. The number of carbonyl (C=O) groups is 1. The van der Waals surface area contributed by atoms with Gasteiger partial charge in [0.15, 0.2) is 5.75 Å². The van der Waals surface area contributed by atoms with E-state index in [-0.39, 0.29) is 6.03 Å². The van der Waals surface area contributed by atoms with Crippen LogP contribution in [-0.2, 0) is 0 Å². The Labute approximate surface area is 132 Å². The number of hydrogen-bond donors (Lipinski definition) is 1. The summed E-state index contributed by atoms with van der Waals surface area (Å²) in [5.74, 6) is 1.16. The molecule has 1 aliphatic rings. The summed E-state index contributed by atoms with van der Waals surface area (Å²) in [6.45, 7) is 6.14. The van der Waals surface area contributed by atoms with Crippen molar-refractivity contribution in [3.63, 3.8) is 0 Å². The first-order valence-electron chi connectivity index (χ1n) is 6.69. The summed E-state index contributed by atoms with van der Waals surface area (Å²) in [6.07, 6.45) is 1.05. The Bertz CT molecular complexity index is 510. The zero-order chi connectivity index (χ0) is 14.7. The van der Waals surface area contributed by atoms with Crippen LogP contribution < -0.4 is 10.1 Å². The van der Waals surface area contributed by atoms with Crippen LogP contribution in [-0.4, -0.2) is 30.6 Å². The van der Waals surface area contributed by atoms with Crippen molar-refractivity contribution in [3.05, 3.63) is 21.6 Å². The second kappa shape index (κ2) is 6.68. The smallest absolute Gasteiger partial charge is 0.321 e. The lowest BCUT2D eigenvalue weighted by molar-refractivity contribution is 0.221. The van der Waals surface area contributed by atoms with Crippen molar-refractivity contribution in [3.8, 4) is 5.75 Å². The third kappa shape index (κ3) is 3.58. The molecule has 1 aromatic rings. The Morgan fingerprint density at radius 2 is 2.35 bits per heavy atom. The zero-order valence-electron chi connectivity index (χ0n) is 11.6. The highest BCUT2D eigenvalue weighted by molar-refractivity contribution is 9.10. The monoisotopic (exact) mass is 360 g/mol. The molecule has 2 rings (SSSR count). The van der Waals surface area contributed by atoms with Crippen LogP contribution in [0.2, 0.25) is 5.02 Å². The molecule has 0 aliphatic carbocycles. The molecule has 1 heterocycles. The van der Waals surface area contributed by atoms with Gasteiger partial charge in [0.25, 0.3) is 0 Å². The maximum atomic E-state index is 12.2. The molecule has 110 valence electrons. The number of rotatable bonds is 3. The number of nitrogens with one attached hydrogen (secondary N) is 1. The molecule has 0 aromatic heterocycles. The molecule has 4 nitrogen and oxygen atoms in total. The fourth-order valence-electron chi connectivity index (χ4n) is 2.26. The van der Waals surface area contributed by atoms with Crippen molar-refractivity contribution in [2.75, 3.05) is 25.0 Å². The fraction of sp³-hybridized carbons (Fsp3) is 0.500. The number of anilines is 1. The average molecular weight is 362 g/mol. The molecule has 6 heteroatoms. The molecule has 0 saturated carbocycles. The van der Waals surface area contributed by atoms with Crippen LogP contribution in [0.15, 0.2) is 16.6 Å². The van der Waals surface area contributed by atoms with Gasteiger partial charge in [-0.2, -0.15) is 0 Å². The quantitative estimate of drug-likeness (QED) is 0.868. The summed E-state index contributed by atoms with van der Waals surface area (Å²) in [4.78, 5) is 14.1. The molecule has 1 N–H and O–H groups in total. The van der Waals surface area contributed by atoms with E-state index in [2.05, 4.69) is 28.2 Å². The van der Waals surface area contributed by atoms with Crippen LogP contribution in [0, 0.1) is 5.92 Å². The average Bonchev–Trinajstić information content (AvgIpc) is 2.80. The van der Waals surface area contributed by atoms with E-state index in [1.807, 2.05) is 11.8 Å². The lowest BCUT2D eigenvalue weighted by Gasteiger charge is -2.19. The van der Waals surface area contributed by atoms with E-state index < -0.39 is 0 Å². The lowest BCUT2D eigenvalue weighted by Crippen LogP contribution is -2.33. The first kappa shape index (κ1) is 15.4. The highest BCUT2D eigenvalue weighted by atomic mass is 79.9. The number of likely N-dealkylation sites (tertiary alicyclic amines) is 1. The highest BCUT2D eigenvalue weighted by Crippen LogP contribution is 2.37. The zero-order valence-corrected chi connectivity index (χ0v) is 13.9. The Balaban J connectivity index is 2.17. The number of hydrogen-bond acceptors (Lipinski definition) is 2. The van der Waals surface area contributed by atoms with Gasteiger partial charge in [-0.3, -0.25) is 0 Å². The van der Waals surface area contributed by atoms with Crippen LogP contribution in [0.25, 0.3) is 0 Å².